The monoisotopic (exact) mass is 244 g/mol. The van der Waals surface area contributed by atoms with Crippen molar-refractivity contribution in [2.24, 2.45) is 17.6 Å². The fourth-order valence-electron chi connectivity index (χ4n) is 1.54. The number of amides is 2. The summed E-state index contributed by atoms with van der Waals surface area (Å²) in [4.78, 5) is 22.7. The van der Waals surface area contributed by atoms with Gasteiger partial charge in [-0.1, -0.05) is 27.7 Å². The third-order valence-electron chi connectivity index (χ3n) is 2.36. The van der Waals surface area contributed by atoms with Gasteiger partial charge in [0, 0.05) is 0 Å². The number of carbonyl (C=O) groups is 2. The smallest absolute Gasteiger partial charge is 0.249 e. The minimum Gasteiger partial charge on any atom is -0.383 e. The topological polar surface area (TPSA) is 92.4 Å². The van der Waals surface area contributed by atoms with Crippen LogP contribution < -0.4 is 11.1 Å². The van der Waals surface area contributed by atoms with Crippen LogP contribution in [0.3, 0.4) is 0 Å². The first-order valence-electron chi connectivity index (χ1n) is 6.01. The predicted octanol–water partition coefficient (Wildman–Crippen LogP) is 0.410. The van der Waals surface area contributed by atoms with Gasteiger partial charge in [-0.3, -0.25) is 9.59 Å². The van der Waals surface area contributed by atoms with Crippen molar-refractivity contribution in [3.63, 3.8) is 0 Å². The first-order chi connectivity index (χ1) is 7.73. The number of rotatable bonds is 7. The highest BCUT2D eigenvalue weighted by molar-refractivity contribution is 5.88. The lowest BCUT2D eigenvalue weighted by Gasteiger charge is -2.20. The zero-order valence-corrected chi connectivity index (χ0v) is 11.1. The van der Waals surface area contributed by atoms with E-state index >= 15 is 0 Å². The Bertz CT molecular complexity index is 264. The second-order valence-electron chi connectivity index (χ2n) is 5.24. The van der Waals surface area contributed by atoms with Crippen LogP contribution in [0.4, 0.5) is 0 Å². The third kappa shape index (κ3) is 6.94. The number of hydrogen-bond acceptors (Lipinski definition) is 3. The lowest BCUT2D eigenvalue weighted by molar-refractivity contribution is -0.134. The van der Waals surface area contributed by atoms with E-state index in [0.29, 0.717) is 12.8 Å². The maximum Gasteiger partial charge on any atom is 0.249 e. The van der Waals surface area contributed by atoms with Crippen LogP contribution in [0.1, 0.15) is 40.5 Å². The summed E-state index contributed by atoms with van der Waals surface area (Å²) in [5.74, 6) is -0.630. The zero-order valence-electron chi connectivity index (χ0n) is 11.1. The van der Waals surface area contributed by atoms with Gasteiger partial charge in [0.25, 0.3) is 0 Å². The second kappa shape index (κ2) is 7.27. The maximum absolute atomic E-state index is 11.6. The maximum atomic E-state index is 11.6. The number of aliphatic hydroxyl groups excluding tert-OH is 1. The van der Waals surface area contributed by atoms with Crippen molar-refractivity contribution >= 4 is 11.8 Å². The van der Waals surface area contributed by atoms with Crippen molar-refractivity contribution < 1.29 is 14.7 Å². The zero-order chi connectivity index (χ0) is 13.6. The molecule has 0 saturated carbocycles. The Kier molecular flexibility index (Phi) is 6.80. The summed E-state index contributed by atoms with van der Waals surface area (Å²) in [5.41, 5.74) is 5.20. The van der Waals surface area contributed by atoms with Crippen LogP contribution in [-0.2, 0) is 9.59 Å². The summed E-state index contributed by atoms with van der Waals surface area (Å²) >= 11 is 0. The van der Waals surface area contributed by atoms with E-state index in [1.54, 1.807) is 0 Å². The first kappa shape index (κ1) is 15.9. The first-order valence-corrected chi connectivity index (χ1v) is 6.01. The van der Waals surface area contributed by atoms with Crippen LogP contribution in [-0.4, -0.2) is 29.1 Å². The molecule has 0 radical (unpaired) electrons. The van der Waals surface area contributed by atoms with Gasteiger partial charge in [0.05, 0.1) is 0 Å². The Morgan fingerprint density at radius 1 is 1.12 bits per heavy atom. The van der Waals surface area contributed by atoms with Crippen molar-refractivity contribution in [2.45, 2.75) is 52.7 Å². The molecule has 0 heterocycles. The summed E-state index contributed by atoms with van der Waals surface area (Å²) in [6.07, 6.45) is -0.224. The van der Waals surface area contributed by atoms with E-state index in [-0.39, 0.29) is 11.8 Å². The highest BCUT2D eigenvalue weighted by Crippen LogP contribution is 2.07. The van der Waals surface area contributed by atoms with Crippen molar-refractivity contribution in [1.29, 1.82) is 0 Å². The SMILES string of the molecule is CC(C)C[C@@H](O)C(=O)N[C@H](CC(C)C)C(N)=O. The van der Waals surface area contributed by atoms with Crippen molar-refractivity contribution in [3.8, 4) is 0 Å². The molecular weight excluding hydrogens is 220 g/mol. The van der Waals surface area contributed by atoms with Crippen LogP contribution in [0.25, 0.3) is 0 Å². The van der Waals surface area contributed by atoms with Gasteiger partial charge in [-0.25, -0.2) is 0 Å². The van der Waals surface area contributed by atoms with Gasteiger partial charge < -0.3 is 16.2 Å². The molecule has 17 heavy (non-hydrogen) atoms. The van der Waals surface area contributed by atoms with E-state index in [1.165, 1.54) is 0 Å². The third-order valence-corrected chi connectivity index (χ3v) is 2.36. The van der Waals surface area contributed by atoms with E-state index in [1.807, 2.05) is 27.7 Å². The average molecular weight is 244 g/mol. The van der Waals surface area contributed by atoms with E-state index < -0.39 is 24.0 Å². The van der Waals surface area contributed by atoms with E-state index in [2.05, 4.69) is 5.32 Å². The number of nitrogens with two attached hydrogens (primary N) is 1. The lowest BCUT2D eigenvalue weighted by atomic mass is 10.0. The molecular formula is C12H24N2O3. The molecule has 0 unspecified atom stereocenters. The van der Waals surface area contributed by atoms with Gasteiger partial charge in [-0.05, 0) is 24.7 Å². The molecule has 0 saturated heterocycles. The number of nitrogens with one attached hydrogen (secondary N) is 1. The van der Waals surface area contributed by atoms with E-state index in [0.717, 1.165) is 0 Å². The van der Waals surface area contributed by atoms with Crippen molar-refractivity contribution in [2.75, 3.05) is 0 Å². The molecule has 0 fully saturated rings. The molecule has 100 valence electrons. The number of aliphatic hydroxyl groups is 1. The van der Waals surface area contributed by atoms with Crippen LogP contribution in [0, 0.1) is 11.8 Å². The fourth-order valence-corrected chi connectivity index (χ4v) is 1.54. The van der Waals surface area contributed by atoms with Crippen LogP contribution in [0.15, 0.2) is 0 Å². The molecule has 0 rings (SSSR count). The van der Waals surface area contributed by atoms with Gasteiger partial charge in [-0.2, -0.15) is 0 Å². The van der Waals surface area contributed by atoms with Crippen LogP contribution >= 0.6 is 0 Å². The number of hydrogen-bond donors (Lipinski definition) is 3. The molecule has 2 atom stereocenters. The van der Waals surface area contributed by atoms with Gasteiger partial charge in [0.15, 0.2) is 0 Å². The van der Waals surface area contributed by atoms with E-state index in [4.69, 9.17) is 5.73 Å². The molecule has 2 amide bonds. The molecule has 0 aliphatic rings. The minimum absolute atomic E-state index is 0.216. The Balaban J connectivity index is 4.35. The standard InChI is InChI=1S/C12H24N2O3/c1-7(2)5-9(11(13)16)14-12(17)10(15)6-8(3)4/h7-10,15H,5-6H2,1-4H3,(H2,13,16)(H,14,17)/t9-,10-/m1/s1. The molecule has 5 heteroatoms. The van der Waals surface area contributed by atoms with Gasteiger partial charge in [-0.15, -0.1) is 0 Å². The van der Waals surface area contributed by atoms with E-state index in [9.17, 15) is 14.7 Å². The molecule has 0 aromatic rings. The Hall–Kier alpha value is -1.10. The van der Waals surface area contributed by atoms with Gasteiger partial charge in [0.2, 0.25) is 11.8 Å². The normalized spacial score (nSPS) is 14.8. The molecule has 0 aliphatic carbocycles. The molecule has 4 N–H and O–H groups in total. The highest BCUT2D eigenvalue weighted by atomic mass is 16.3. The Labute approximate surface area is 103 Å². The van der Waals surface area contributed by atoms with Crippen molar-refractivity contribution in [3.05, 3.63) is 0 Å². The quantitative estimate of drug-likeness (QED) is 0.605. The predicted molar refractivity (Wildman–Crippen MR) is 66.0 cm³/mol. The average Bonchev–Trinajstić information content (AvgIpc) is 2.14. The summed E-state index contributed by atoms with van der Waals surface area (Å²) in [6, 6.07) is -0.704. The number of carbonyl (C=O) groups excluding carboxylic acids is 2. The van der Waals surface area contributed by atoms with Crippen LogP contribution in [0.2, 0.25) is 0 Å². The summed E-state index contributed by atoms with van der Waals surface area (Å²) in [7, 11) is 0. The summed E-state index contributed by atoms with van der Waals surface area (Å²) < 4.78 is 0. The van der Waals surface area contributed by atoms with Gasteiger partial charge in [0.1, 0.15) is 12.1 Å². The highest BCUT2D eigenvalue weighted by Gasteiger charge is 2.23. The fraction of sp³-hybridized carbons (Fsp3) is 0.833. The number of primary amides is 1. The lowest BCUT2D eigenvalue weighted by Crippen LogP contribution is -2.48. The van der Waals surface area contributed by atoms with Crippen molar-refractivity contribution in [1.82, 2.24) is 5.32 Å². The summed E-state index contributed by atoms with van der Waals surface area (Å²) in [5, 5.41) is 12.1. The molecule has 0 aromatic carbocycles. The van der Waals surface area contributed by atoms with Crippen LogP contribution in [0.5, 0.6) is 0 Å². The molecule has 0 spiro atoms. The molecule has 0 bridgehead atoms. The largest absolute Gasteiger partial charge is 0.383 e. The minimum atomic E-state index is -1.08. The Morgan fingerprint density at radius 3 is 1.94 bits per heavy atom. The Morgan fingerprint density at radius 2 is 1.59 bits per heavy atom. The molecule has 0 aliphatic heterocycles. The molecule has 0 aromatic heterocycles. The van der Waals surface area contributed by atoms with Gasteiger partial charge >= 0.3 is 0 Å². The summed E-state index contributed by atoms with van der Waals surface area (Å²) in [6.45, 7) is 7.70. The molecule has 5 nitrogen and oxygen atoms in total. The second-order valence-corrected chi connectivity index (χ2v) is 5.24.